The number of aryl methyl sites for hydroxylation is 1. The number of amides is 4. The molecule has 1 N–H and O–H groups in total. The number of imide groups is 1. The molecule has 1 aromatic heterocycles. The first-order chi connectivity index (χ1) is 14.2. The van der Waals surface area contributed by atoms with Gasteiger partial charge in [0.15, 0.2) is 0 Å². The minimum absolute atomic E-state index is 0.0250. The number of carbonyl (C=O) groups excluding carboxylic acids is 3. The van der Waals surface area contributed by atoms with Gasteiger partial charge in [-0.25, -0.2) is 4.79 Å². The Morgan fingerprint density at radius 3 is 2.43 bits per heavy atom. The van der Waals surface area contributed by atoms with Gasteiger partial charge in [0, 0.05) is 45.8 Å². The number of halogens is 1. The van der Waals surface area contributed by atoms with E-state index in [1.54, 1.807) is 33.9 Å². The van der Waals surface area contributed by atoms with Gasteiger partial charge in [-0.15, -0.1) is 0 Å². The minimum Gasteiger partial charge on any atom is -0.483 e. The molecule has 4 amide bonds. The molecule has 3 heterocycles. The Hall–Kier alpha value is -2.62. The second-order valence-corrected chi connectivity index (χ2v) is 8.28. The Balaban J connectivity index is 0.00000101. The predicted octanol–water partition coefficient (Wildman–Crippen LogP) is 1.54. The SMILES string of the molecule is CC(C)CN1C(=O)N(C)C(=O)C12CCN(C(=O)CCn1cc(Cl)cn1)CC2.O=CO. The van der Waals surface area contributed by atoms with E-state index in [2.05, 4.69) is 5.10 Å². The fourth-order valence-corrected chi connectivity index (χ4v) is 4.09. The van der Waals surface area contributed by atoms with E-state index in [1.165, 1.54) is 4.90 Å². The molecule has 0 saturated carbocycles. The van der Waals surface area contributed by atoms with Crippen molar-refractivity contribution >= 4 is 35.9 Å². The zero-order valence-electron chi connectivity index (χ0n) is 17.5. The highest BCUT2D eigenvalue weighted by Gasteiger charge is 2.57. The molecule has 1 spiro atoms. The number of urea groups is 1. The smallest absolute Gasteiger partial charge is 0.327 e. The number of piperidine rings is 1. The standard InChI is InChI=1S/C18H26ClN5O3.CH2O2/c1-13(2)11-24-17(27)21(3)16(26)18(24)5-8-22(9-6-18)15(25)4-7-23-12-14(19)10-20-23;2-1-3/h10,12-13H,4-9,11H2,1-3H3;1H,(H,2,3). The molecule has 11 heteroatoms. The van der Waals surface area contributed by atoms with E-state index in [9.17, 15) is 14.4 Å². The van der Waals surface area contributed by atoms with Crippen LogP contribution < -0.4 is 0 Å². The quantitative estimate of drug-likeness (QED) is 0.547. The van der Waals surface area contributed by atoms with Crippen molar-refractivity contribution in [2.75, 3.05) is 26.7 Å². The molecule has 2 fully saturated rings. The summed E-state index contributed by atoms with van der Waals surface area (Å²) in [7, 11) is 1.54. The molecule has 30 heavy (non-hydrogen) atoms. The normalized spacial score (nSPS) is 18.1. The average molecular weight is 442 g/mol. The van der Waals surface area contributed by atoms with Crippen LogP contribution in [0.1, 0.15) is 33.1 Å². The number of carbonyl (C=O) groups is 4. The fraction of sp³-hybridized carbons (Fsp3) is 0.632. The summed E-state index contributed by atoms with van der Waals surface area (Å²) in [5.74, 6) is 0.147. The second-order valence-electron chi connectivity index (χ2n) is 7.84. The highest BCUT2D eigenvalue weighted by molar-refractivity contribution is 6.30. The van der Waals surface area contributed by atoms with Crippen LogP contribution in [0.2, 0.25) is 5.02 Å². The van der Waals surface area contributed by atoms with E-state index >= 15 is 0 Å². The molecule has 3 rings (SSSR count). The molecule has 1 aromatic rings. The monoisotopic (exact) mass is 441 g/mol. The summed E-state index contributed by atoms with van der Waals surface area (Å²) in [4.78, 5) is 50.9. The van der Waals surface area contributed by atoms with Crippen molar-refractivity contribution < 1.29 is 24.3 Å². The maximum Gasteiger partial charge on any atom is 0.327 e. The molecule has 166 valence electrons. The van der Waals surface area contributed by atoms with Crippen molar-refractivity contribution in [3.8, 4) is 0 Å². The van der Waals surface area contributed by atoms with Crippen molar-refractivity contribution in [2.45, 2.75) is 45.2 Å². The number of hydrogen-bond acceptors (Lipinski definition) is 5. The summed E-state index contributed by atoms with van der Waals surface area (Å²) >= 11 is 5.83. The van der Waals surface area contributed by atoms with Crippen LogP contribution in [-0.2, 0) is 20.9 Å². The zero-order valence-corrected chi connectivity index (χ0v) is 18.2. The van der Waals surface area contributed by atoms with E-state index in [4.69, 9.17) is 21.5 Å². The first kappa shape index (κ1) is 23.7. The molecule has 0 unspecified atom stereocenters. The van der Waals surface area contributed by atoms with Gasteiger partial charge in [-0.05, 0) is 18.8 Å². The van der Waals surface area contributed by atoms with E-state index < -0.39 is 5.54 Å². The van der Waals surface area contributed by atoms with Crippen molar-refractivity contribution in [3.05, 3.63) is 17.4 Å². The molecular weight excluding hydrogens is 414 g/mol. The fourth-order valence-electron chi connectivity index (χ4n) is 3.94. The van der Waals surface area contributed by atoms with E-state index in [0.717, 1.165) is 0 Å². The topological polar surface area (TPSA) is 116 Å². The third-order valence-corrected chi connectivity index (χ3v) is 5.58. The molecule has 10 nitrogen and oxygen atoms in total. The summed E-state index contributed by atoms with van der Waals surface area (Å²) in [6.07, 6.45) is 4.51. The van der Waals surface area contributed by atoms with Crippen LogP contribution in [0.25, 0.3) is 0 Å². The van der Waals surface area contributed by atoms with Crippen LogP contribution in [0.4, 0.5) is 4.79 Å². The maximum absolute atomic E-state index is 12.8. The number of likely N-dealkylation sites (N-methyl/N-ethyl adjacent to an activating group) is 1. The van der Waals surface area contributed by atoms with Crippen LogP contribution in [0.5, 0.6) is 0 Å². The summed E-state index contributed by atoms with van der Waals surface area (Å²) in [6, 6.07) is -0.232. The maximum atomic E-state index is 12.8. The van der Waals surface area contributed by atoms with Crippen LogP contribution in [0.3, 0.4) is 0 Å². The number of rotatable bonds is 5. The third kappa shape index (κ3) is 4.92. The molecule has 2 aliphatic heterocycles. The Bertz CT molecular complexity index is 788. The van der Waals surface area contributed by atoms with Crippen molar-refractivity contribution in [2.24, 2.45) is 5.92 Å². The van der Waals surface area contributed by atoms with E-state index in [0.29, 0.717) is 50.5 Å². The molecule has 0 aliphatic carbocycles. The third-order valence-electron chi connectivity index (χ3n) is 5.38. The number of hydrogen-bond donors (Lipinski definition) is 1. The Morgan fingerprint density at radius 1 is 1.33 bits per heavy atom. The lowest BCUT2D eigenvalue weighted by Gasteiger charge is -2.42. The molecule has 0 bridgehead atoms. The van der Waals surface area contributed by atoms with Gasteiger partial charge in [0.05, 0.1) is 11.2 Å². The van der Waals surface area contributed by atoms with Crippen molar-refractivity contribution in [1.29, 1.82) is 0 Å². The highest BCUT2D eigenvalue weighted by atomic mass is 35.5. The summed E-state index contributed by atoms with van der Waals surface area (Å²) in [5, 5.41) is 11.5. The Kier molecular flexibility index (Phi) is 7.83. The lowest BCUT2D eigenvalue weighted by molar-refractivity contribution is -0.140. The van der Waals surface area contributed by atoms with Gasteiger partial charge >= 0.3 is 6.03 Å². The van der Waals surface area contributed by atoms with Crippen molar-refractivity contribution in [1.82, 2.24) is 24.5 Å². The van der Waals surface area contributed by atoms with Gasteiger partial charge in [0.1, 0.15) is 5.54 Å². The number of carboxylic acid groups (broad SMARTS) is 1. The van der Waals surface area contributed by atoms with Crippen LogP contribution in [0.15, 0.2) is 12.4 Å². The zero-order chi connectivity index (χ0) is 22.5. The summed E-state index contributed by atoms with van der Waals surface area (Å²) < 4.78 is 1.64. The van der Waals surface area contributed by atoms with E-state index in [-0.39, 0.29) is 30.2 Å². The van der Waals surface area contributed by atoms with Crippen LogP contribution >= 0.6 is 11.6 Å². The average Bonchev–Trinajstić information content (AvgIpc) is 3.19. The van der Waals surface area contributed by atoms with Gasteiger partial charge in [0.2, 0.25) is 5.91 Å². The molecule has 2 aliphatic rings. The van der Waals surface area contributed by atoms with Gasteiger partial charge < -0.3 is 14.9 Å². The predicted molar refractivity (Wildman–Crippen MR) is 109 cm³/mol. The summed E-state index contributed by atoms with van der Waals surface area (Å²) in [6.45, 7) is 5.77. The van der Waals surface area contributed by atoms with Gasteiger partial charge in [-0.3, -0.25) is 24.0 Å². The van der Waals surface area contributed by atoms with Gasteiger partial charge in [0.25, 0.3) is 12.4 Å². The van der Waals surface area contributed by atoms with Gasteiger partial charge in [-0.1, -0.05) is 25.4 Å². The molecular formula is C19H28ClN5O5. The highest BCUT2D eigenvalue weighted by Crippen LogP contribution is 2.37. The summed E-state index contributed by atoms with van der Waals surface area (Å²) in [5.41, 5.74) is -0.803. The number of aromatic nitrogens is 2. The Morgan fingerprint density at radius 2 is 1.93 bits per heavy atom. The lowest BCUT2D eigenvalue weighted by Crippen LogP contribution is -2.58. The molecule has 2 saturated heterocycles. The Labute approximate surface area is 180 Å². The first-order valence-electron chi connectivity index (χ1n) is 9.79. The van der Waals surface area contributed by atoms with Crippen LogP contribution in [-0.4, -0.2) is 86.1 Å². The molecule has 0 atom stereocenters. The van der Waals surface area contributed by atoms with Gasteiger partial charge in [-0.2, -0.15) is 5.10 Å². The first-order valence-corrected chi connectivity index (χ1v) is 10.2. The van der Waals surface area contributed by atoms with Crippen molar-refractivity contribution in [3.63, 3.8) is 0 Å². The second kappa shape index (κ2) is 9.92. The number of nitrogens with zero attached hydrogens (tertiary/aromatic N) is 5. The largest absolute Gasteiger partial charge is 0.483 e. The lowest BCUT2D eigenvalue weighted by atomic mass is 9.85. The van der Waals surface area contributed by atoms with Crippen LogP contribution in [0, 0.1) is 5.92 Å². The number of likely N-dealkylation sites (tertiary alicyclic amines) is 1. The minimum atomic E-state index is -0.803. The van der Waals surface area contributed by atoms with E-state index in [1.807, 2.05) is 13.8 Å². The molecule has 0 aromatic carbocycles. The molecule has 0 radical (unpaired) electrons.